The summed E-state index contributed by atoms with van der Waals surface area (Å²) in [6.07, 6.45) is 3.25. The number of carboxylic acid groups (broad SMARTS) is 1. The number of alkyl halides is 2. The minimum absolute atomic E-state index is 0.0767. The van der Waals surface area contributed by atoms with Crippen molar-refractivity contribution in [2.75, 3.05) is 6.54 Å². The second-order valence-electron chi connectivity index (χ2n) is 5.98. The van der Waals surface area contributed by atoms with Crippen LogP contribution in [0.15, 0.2) is 30.3 Å². The van der Waals surface area contributed by atoms with E-state index in [2.05, 4.69) is 0 Å². The molecule has 1 saturated heterocycles. The highest BCUT2D eigenvalue weighted by atomic mass is 19.2. The molecule has 2 atom stereocenters. The number of aliphatic carboxylic acids is 1. The van der Waals surface area contributed by atoms with E-state index in [1.165, 1.54) is 17.0 Å². The van der Waals surface area contributed by atoms with Crippen molar-refractivity contribution in [3.05, 3.63) is 35.9 Å². The Bertz CT molecular complexity index is 532. The van der Waals surface area contributed by atoms with Crippen LogP contribution in [0.25, 0.3) is 0 Å². The lowest BCUT2D eigenvalue weighted by molar-refractivity contribution is -0.177. The number of hydrogen-bond acceptors (Lipinski definition) is 2. The number of benzene rings is 1. The molecule has 1 saturated carbocycles. The van der Waals surface area contributed by atoms with Gasteiger partial charge in [-0.2, -0.15) is 0 Å². The lowest BCUT2D eigenvalue weighted by atomic mass is 9.87. The third kappa shape index (κ3) is 1.98. The van der Waals surface area contributed by atoms with Gasteiger partial charge in [-0.1, -0.05) is 43.2 Å². The molecule has 0 bridgehead atoms. The third-order valence-corrected chi connectivity index (χ3v) is 4.88. The number of likely N-dealkylation sites (tertiary alicyclic amines) is 1. The van der Waals surface area contributed by atoms with Crippen LogP contribution in [0.1, 0.15) is 37.7 Å². The van der Waals surface area contributed by atoms with Gasteiger partial charge in [0.2, 0.25) is 5.79 Å². The lowest BCUT2D eigenvalue weighted by Crippen LogP contribution is -2.56. The Balaban J connectivity index is 2.08. The van der Waals surface area contributed by atoms with Gasteiger partial charge in [-0.15, -0.1) is 0 Å². The van der Waals surface area contributed by atoms with Crippen molar-refractivity contribution in [3.63, 3.8) is 0 Å². The Labute approximate surface area is 122 Å². The molecule has 21 heavy (non-hydrogen) atoms. The average molecular weight is 295 g/mol. The molecule has 0 aromatic heterocycles. The van der Waals surface area contributed by atoms with E-state index in [-0.39, 0.29) is 24.6 Å². The lowest BCUT2D eigenvalue weighted by Gasteiger charge is -2.40. The van der Waals surface area contributed by atoms with Crippen molar-refractivity contribution >= 4 is 5.97 Å². The maximum atomic E-state index is 15.8. The molecule has 1 aliphatic heterocycles. The van der Waals surface area contributed by atoms with Crippen molar-refractivity contribution in [1.29, 1.82) is 0 Å². The highest BCUT2D eigenvalue weighted by molar-refractivity contribution is 5.80. The Morgan fingerprint density at radius 1 is 1.19 bits per heavy atom. The molecule has 3 nitrogen and oxygen atoms in total. The van der Waals surface area contributed by atoms with Crippen LogP contribution in [0.4, 0.5) is 8.78 Å². The number of carboxylic acids is 1. The Hall–Kier alpha value is -1.49. The molecule has 2 fully saturated rings. The predicted molar refractivity (Wildman–Crippen MR) is 74.3 cm³/mol. The molecule has 0 radical (unpaired) electrons. The summed E-state index contributed by atoms with van der Waals surface area (Å²) >= 11 is 0. The molecule has 1 heterocycles. The van der Waals surface area contributed by atoms with Crippen LogP contribution >= 0.6 is 0 Å². The Morgan fingerprint density at radius 3 is 2.38 bits per heavy atom. The van der Waals surface area contributed by atoms with E-state index in [9.17, 15) is 9.90 Å². The molecule has 0 spiro atoms. The largest absolute Gasteiger partial charge is 0.479 e. The Morgan fingerprint density at radius 2 is 1.81 bits per heavy atom. The van der Waals surface area contributed by atoms with Crippen LogP contribution in [-0.2, 0) is 10.6 Å². The molecule has 2 unspecified atom stereocenters. The number of halogens is 2. The number of nitrogens with zero attached hydrogens (tertiary/aromatic N) is 1. The van der Waals surface area contributed by atoms with Gasteiger partial charge in [0.15, 0.2) is 0 Å². The zero-order valence-corrected chi connectivity index (χ0v) is 11.8. The van der Waals surface area contributed by atoms with Crippen LogP contribution in [0.5, 0.6) is 0 Å². The molecule has 1 aliphatic carbocycles. The van der Waals surface area contributed by atoms with E-state index in [0.717, 1.165) is 25.7 Å². The number of hydrogen-bond donors (Lipinski definition) is 1. The number of carbonyl (C=O) groups is 1. The van der Waals surface area contributed by atoms with Crippen molar-refractivity contribution < 1.29 is 18.7 Å². The van der Waals surface area contributed by atoms with Gasteiger partial charge in [0.05, 0.1) is 0 Å². The number of rotatable bonds is 3. The molecule has 0 amide bonds. The van der Waals surface area contributed by atoms with Crippen LogP contribution in [-0.4, -0.2) is 34.2 Å². The van der Waals surface area contributed by atoms with E-state index in [1.807, 2.05) is 0 Å². The molecular weight excluding hydrogens is 276 g/mol. The zero-order valence-electron chi connectivity index (χ0n) is 11.8. The fourth-order valence-corrected chi connectivity index (χ4v) is 3.77. The summed E-state index contributed by atoms with van der Waals surface area (Å²) < 4.78 is 30.9. The summed E-state index contributed by atoms with van der Waals surface area (Å²) in [5, 5.41) is 9.29. The molecule has 3 rings (SSSR count). The maximum absolute atomic E-state index is 15.8. The van der Waals surface area contributed by atoms with Gasteiger partial charge in [-0.25, -0.2) is 13.6 Å². The first-order valence-corrected chi connectivity index (χ1v) is 7.43. The minimum Gasteiger partial charge on any atom is -0.479 e. The van der Waals surface area contributed by atoms with Gasteiger partial charge in [0.1, 0.15) is 0 Å². The zero-order chi connectivity index (χ0) is 15.1. The summed E-state index contributed by atoms with van der Waals surface area (Å²) in [5.74, 6) is -4.30. The average Bonchev–Trinajstić information content (AvgIpc) is 3.09. The molecular formula is C16H19F2NO2. The van der Waals surface area contributed by atoms with Gasteiger partial charge in [-0.05, 0) is 12.8 Å². The molecule has 1 N–H and O–H groups in total. The summed E-state index contributed by atoms with van der Waals surface area (Å²) in [6, 6.07) is 7.82. The molecule has 114 valence electrons. The van der Waals surface area contributed by atoms with Crippen molar-refractivity contribution in [3.8, 4) is 0 Å². The fraction of sp³-hybridized carbons (Fsp3) is 0.562. The first kappa shape index (κ1) is 14.4. The third-order valence-electron chi connectivity index (χ3n) is 4.88. The predicted octanol–water partition coefficient (Wildman–Crippen LogP) is 3.25. The second-order valence-corrected chi connectivity index (χ2v) is 5.98. The second kappa shape index (κ2) is 5.05. The summed E-state index contributed by atoms with van der Waals surface area (Å²) in [7, 11) is 0. The van der Waals surface area contributed by atoms with Crippen LogP contribution in [0, 0.1) is 0 Å². The SMILES string of the molecule is O=C(O)C1(F)CCN(C2CCCC2)C1(F)c1ccccc1. The highest BCUT2D eigenvalue weighted by Crippen LogP contribution is 2.52. The van der Waals surface area contributed by atoms with Gasteiger partial charge in [0, 0.05) is 24.6 Å². The quantitative estimate of drug-likeness (QED) is 0.870. The van der Waals surface area contributed by atoms with E-state index >= 15 is 8.78 Å². The van der Waals surface area contributed by atoms with Gasteiger partial charge in [-0.3, -0.25) is 4.90 Å². The van der Waals surface area contributed by atoms with Crippen LogP contribution in [0.3, 0.4) is 0 Å². The van der Waals surface area contributed by atoms with Crippen molar-refractivity contribution in [2.45, 2.75) is 49.6 Å². The fourth-order valence-electron chi connectivity index (χ4n) is 3.77. The summed E-state index contributed by atoms with van der Waals surface area (Å²) in [4.78, 5) is 12.9. The van der Waals surface area contributed by atoms with Gasteiger partial charge in [0.25, 0.3) is 5.67 Å². The van der Waals surface area contributed by atoms with E-state index in [0.29, 0.717) is 0 Å². The minimum atomic E-state index is -2.89. The maximum Gasteiger partial charge on any atom is 0.346 e. The normalized spacial score (nSPS) is 34.4. The standard InChI is InChI=1S/C16H19F2NO2/c17-15(14(20)21)10-11-19(13-8-4-5-9-13)16(15,18)12-6-2-1-3-7-12/h1-3,6-7,13H,4-5,8-11H2,(H,20,21). The van der Waals surface area contributed by atoms with E-state index in [4.69, 9.17) is 0 Å². The smallest absolute Gasteiger partial charge is 0.346 e. The topological polar surface area (TPSA) is 40.5 Å². The van der Waals surface area contributed by atoms with E-state index < -0.39 is 17.4 Å². The monoisotopic (exact) mass is 295 g/mol. The van der Waals surface area contributed by atoms with Crippen LogP contribution < -0.4 is 0 Å². The molecule has 1 aromatic rings. The van der Waals surface area contributed by atoms with Gasteiger partial charge < -0.3 is 5.11 Å². The van der Waals surface area contributed by atoms with Crippen LogP contribution in [0.2, 0.25) is 0 Å². The molecule has 1 aromatic carbocycles. The highest BCUT2D eigenvalue weighted by Gasteiger charge is 2.68. The molecule has 5 heteroatoms. The first-order valence-electron chi connectivity index (χ1n) is 7.43. The van der Waals surface area contributed by atoms with Crippen molar-refractivity contribution in [2.24, 2.45) is 0 Å². The van der Waals surface area contributed by atoms with Gasteiger partial charge >= 0.3 is 5.97 Å². The Kier molecular flexibility index (Phi) is 3.48. The first-order chi connectivity index (χ1) is 10.00. The van der Waals surface area contributed by atoms with E-state index in [1.54, 1.807) is 18.2 Å². The summed E-state index contributed by atoms with van der Waals surface area (Å²) in [6.45, 7) is 0.138. The molecule has 2 aliphatic rings. The summed E-state index contributed by atoms with van der Waals surface area (Å²) in [5.41, 5.74) is -2.80. The van der Waals surface area contributed by atoms with Crippen molar-refractivity contribution in [1.82, 2.24) is 4.90 Å².